The molecule has 42 heavy (non-hydrogen) atoms. The van der Waals surface area contributed by atoms with E-state index >= 15 is 0 Å². The number of aliphatic hydroxyl groups excluding tert-OH is 1. The molecular formula is C32H30N2O8. The molecule has 1 fully saturated rings. The fraction of sp³-hybridized carbons (Fsp3) is 0.219. The number of aromatic nitrogens is 1. The first-order valence-corrected chi connectivity index (χ1v) is 13.1. The van der Waals surface area contributed by atoms with Crippen molar-refractivity contribution in [1.29, 1.82) is 0 Å². The lowest BCUT2D eigenvalue weighted by molar-refractivity contribution is -0.139. The van der Waals surface area contributed by atoms with Crippen molar-refractivity contribution < 1.29 is 38.4 Å². The monoisotopic (exact) mass is 570 g/mol. The number of methoxy groups -OCH3 is 4. The van der Waals surface area contributed by atoms with E-state index in [1.807, 2.05) is 24.4 Å². The average molecular weight is 571 g/mol. The van der Waals surface area contributed by atoms with Gasteiger partial charge in [-0.1, -0.05) is 12.1 Å². The number of esters is 1. The van der Waals surface area contributed by atoms with Crippen LogP contribution in [0.4, 0.5) is 0 Å². The summed E-state index contributed by atoms with van der Waals surface area (Å²) in [5.74, 6) is -0.929. The fourth-order valence-corrected chi connectivity index (χ4v) is 5.25. The molecule has 1 saturated heterocycles. The standard InChI is InChI=1S/C32H30N2O8/c1-39-22-10-11-24-23(16-22)21(17-33-24)13-14-34-28(18-5-7-19(8-6-18)32(38)42-4)27(30(36)31(34)37)29(35)20-9-12-25(40-2)26(15-20)41-3/h5-12,15-17,28,33,35H,13-14H2,1-4H3/t28-/m0/s1. The highest BCUT2D eigenvalue weighted by atomic mass is 16.5. The van der Waals surface area contributed by atoms with Gasteiger partial charge in [-0.25, -0.2) is 4.79 Å². The number of likely N-dealkylation sites (tertiary alicyclic amines) is 1. The second-order valence-corrected chi connectivity index (χ2v) is 9.65. The minimum absolute atomic E-state index is 0.0707. The molecule has 0 aliphatic carbocycles. The minimum Gasteiger partial charge on any atom is -0.507 e. The van der Waals surface area contributed by atoms with Crippen LogP contribution in [-0.4, -0.2) is 67.6 Å². The zero-order valence-corrected chi connectivity index (χ0v) is 23.6. The molecule has 2 N–H and O–H groups in total. The zero-order chi connectivity index (χ0) is 30.0. The fourth-order valence-electron chi connectivity index (χ4n) is 5.25. The van der Waals surface area contributed by atoms with Crippen LogP contribution in [-0.2, 0) is 20.7 Å². The molecule has 0 saturated carbocycles. The molecule has 5 rings (SSSR count). The number of ether oxygens (including phenoxy) is 4. The zero-order valence-electron chi connectivity index (χ0n) is 23.6. The molecule has 1 aliphatic heterocycles. The lowest BCUT2D eigenvalue weighted by Crippen LogP contribution is -2.31. The van der Waals surface area contributed by atoms with Gasteiger partial charge >= 0.3 is 5.97 Å². The third-order valence-electron chi connectivity index (χ3n) is 7.44. The maximum absolute atomic E-state index is 13.5. The molecule has 1 aromatic heterocycles. The third-order valence-corrected chi connectivity index (χ3v) is 7.44. The lowest BCUT2D eigenvalue weighted by Gasteiger charge is -2.25. The summed E-state index contributed by atoms with van der Waals surface area (Å²) in [6, 6.07) is 15.9. The summed E-state index contributed by atoms with van der Waals surface area (Å²) in [6.07, 6.45) is 2.29. The van der Waals surface area contributed by atoms with Gasteiger partial charge in [-0.05, 0) is 66.1 Å². The molecule has 1 amide bonds. The number of amides is 1. The maximum atomic E-state index is 13.5. The van der Waals surface area contributed by atoms with Gasteiger partial charge < -0.3 is 33.9 Å². The molecular weight excluding hydrogens is 540 g/mol. The number of rotatable bonds is 9. The van der Waals surface area contributed by atoms with Crippen LogP contribution in [0, 0.1) is 0 Å². The number of H-pyrrole nitrogens is 1. The summed E-state index contributed by atoms with van der Waals surface area (Å²) in [6.45, 7) is 0.181. The maximum Gasteiger partial charge on any atom is 0.337 e. The Labute approximate surface area is 242 Å². The largest absolute Gasteiger partial charge is 0.507 e. The van der Waals surface area contributed by atoms with Crippen molar-refractivity contribution in [2.45, 2.75) is 12.5 Å². The Kier molecular flexibility index (Phi) is 7.88. The van der Waals surface area contributed by atoms with Crippen molar-refractivity contribution in [2.24, 2.45) is 0 Å². The van der Waals surface area contributed by atoms with Crippen LogP contribution in [0.1, 0.15) is 33.1 Å². The molecule has 4 aromatic rings. The molecule has 2 heterocycles. The number of fused-ring (bicyclic) bond motifs is 1. The van der Waals surface area contributed by atoms with E-state index in [0.717, 1.165) is 16.5 Å². The van der Waals surface area contributed by atoms with Crippen molar-refractivity contribution in [2.75, 3.05) is 35.0 Å². The van der Waals surface area contributed by atoms with Crippen LogP contribution >= 0.6 is 0 Å². The number of nitrogens with zero attached hydrogens (tertiary/aromatic N) is 1. The third kappa shape index (κ3) is 5.03. The summed E-state index contributed by atoms with van der Waals surface area (Å²) in [5.41, 5.74) is 2.92. The predicted octanol–water partition coefficient (Wildman–Crippen LogP) is 4.64. The summed E-state index contributed by atoms with van der Waals surface area (Å²) in [4.78, 5) is 43.7. The number of hydrogen-bond acceptors (Lipinski definition) is 8. The van der Waals surface area contributed by atoms with E-state index in [0.29, 0.717) is 34.8 Å². The van der Waals surface area contributed by atoms with Crippen molar-refractivity contribution in [3.8, 4) is 17.2 Å². The highest BCUT2D eigenvalue weighted by Gasteiger charge is 2.46. The van der Waals surface area contributed by atoms with Gasteiger partial charge in [0.25, 0.3) is 11.7 Å². The van der Waals surface area contributed by atoms with Crippen molar-refractivity contribution in [3.05, 3.63) is 94.7 Å². The van der Waals surface area contributed by atoms with Crippen molar-refractivity contribution in [1.82, 2.24) is 9.88 Å². The van der Waals surface area contributed by atoms with E-state index in [9.17, 15) is 19.5 Å². The van der Waals surface area contributed by atoms with E-state index in [4.69, 9.17) is 18.9 Å². The van der Waals surface area contributed by atoms with Gasteiger partial charge in [-0.3, -0.25) is 9.59 Å². The Balaban J connectivity index is 1.58. The number of aromatic amines is 1. The number of aliphatic hydroxyl groups is 1. The number of nitrogens with one attached hydrogen (secondary N) is 1. The highest BCUT2D eigenvalue weighted by molar-refractivity contribution is 6.46. The SMILES string of the molecule is COC(=O)c1ccc([C@H]2C(=C(O)c3ccc(OC)c(OC)c3)C(=O)C(=O)N2CCc2c[nH]c3ccc(OC)cc23)cc1. The van der Waals surface area contributed by atoms with Gasteiger partial charge in [0.05, 0.1) is 45.6 Å². The van der Waals surface area contributed by atoms with Gasteiger partial charge in [0.1, 0.15) is 11.5 Å². The molecule has 10 nitrogen and oxygen atoms in total. The normalized spacial score (nSPS) is 16.1. The first-order chi connectivity index (χ1) is 20.3. The Morgan fingerprint density at radius 2 is 1.60 bits per heavy atom. The Bertz CT molecular complexity index is 1700. The quantitative estimate of drug-likeness (QED) is 0.129. The van der Waals surface area contributed by atoms with Crippen LogP contribution in [0.3, 0.4) is 0 Å². The van der Waals surface area contributed by atoms with Crippen LogP contribution in [0.15, 0.2) is 72.4 Å². The Hall–Kier alpha value is -5.25. The first kappa shape index (κ1) is 28.3. The number of carbonyl (C=O) groups excluding carboxylic acids is 3. The van der Waals surface area contributed by atoms with Gasteiger partial charge in [-0.2, -0.15) is 0 Å². The average Bonchev–Trinajstić information content (AvgIpc) is 3.55. The summed E-state index contributed by atoms with van der Waals surface area (Å²) >= 11 is 0. The van der Waals surface area contributed by atoms with E-state index in [-0.39, 0.29) is 23.4 Å². The van der Waals surface area contributed by atoms with E-state index in [2.05, 4.69) is 4.98 Å². The molecule has 0 bridgehead atoms. The number of ketones is 1. The second-order valence-electron chi connectivity index (χ2n) is 9.65. The van der Waals surface area contributed by atoms with Crippen LogP contribution in [0.5, 0.6) is 17.2 Å². The molecule has 1 aliphatic rings. The molecule has 1 atom stereocenters. The predicted molar refractivity (Wildman–Crippen MR) is 155 cm³/mol. The summed E-state index contributed by atoms with van der Waals surface area (Å²) in [7, 11) is 5.83. The Morgan fingerprint density at radius 1 is 0.881 bits per heavy atom. The first-order valence-electron chi connectivity index (χ1n) is 13.1. The molecule has 0 unspecified atom stereocenters. The van der Waals surface area contributed by atoms with Crippen LogP contribution in [0.2, 0.25) is 0 Å². The van der Waals surface area contributed by atoms with Crippen LogP contribution in [0.25, 0.3) is 16.7 Å². The molecule has 10 heteroatoms. The van der Waals surface area contributed by atoms with E-state index < -0.39 is 23.7 Å². The minimum atomic E-state index is -0.912. The summed E-state index contributed by atoms with van der Waals surface area (Å²) < 4.78 is 20.8. The van der Waals surface area contributed by atoms with Gasteiger partial charge in [0.2, 0.25) is 0 Å². The molecule has 216 valence electrons. The topological polar surface area (TPSA) is 127 Å². The number of benzene rings is 3. The van der Waals surface area contributed by atoms with E-state index in [1.54, 1.807) is 49.6 Å². The smallest absolute Gasteiger partial charge is 0.337 e. The highest BCUT2D eigenvalue weighted by Crippen LogP contribution is 2.41. The number of hydrogen-bond donors (Lipinski definition) is 2. The van der Waals surface area contributed by atoms with Crippen molar-refractivity contribution >= 4 is 34.3 Å². The molecule has 3 aromatic carbocycles. The number of carbonyl (C=O) groups is 3. The molecule has 0 radical (unpaired) electrons. The van der Waals surface area contributed by atoms with Crippen LogP contribution < -0.4 is 14.2 Å². The van der Waals surface area contributed by atoms with E-state index in [1.165, 1.54) is 26.2 Å². The number of Topliss-reactive ketones (excluding diaryl/α,β-unsaturated/α-hetero) is 1. The van der Waals surface area contributed by atoms with Crippen molar-refractivity contribution in [3.63, 3.8) is 0 Å². The van der Waals surface area contributed by atoms with Gasteiger partial charge in [0, 0.05) is 29.2 Å². The van der Waals surface area contributed by atoms with Gasteiger partial charge in [0.15, 0.2) is 11.5 Å². The van der Waals surface area contributed by atoms with Gasteiger partial charge in [-0.15, -0.1) is 0 Å². The Morgan fingerprint density at radius 3 is 2.26 bits per heavy atom. The second kappa shape index (κ2) is 11.7. The lowest BCUT2D eigenvalue weighted by atomic mass is 9.94. The molecule has 0 spiro atoms. The summed E-state index contributed by atoms with van der Waals surface area (Å²) in [5, 5.41) is 12.4.